The zero-order valence-electron chi connectivity index (χ0n) is 18.4. The summed E-state index contributed by atoms with van der Waals surface area (Å²) < 4.78 is 30.6. The van der Waals surface area contributed by atoms with Gasteiger partial charge < -0.3 is 0 Å². The zero-order chi connectivity index (χ0) is 21.9. The van der Waals surface area contributed by atoms with Crippen molar-refractivity contribution in [2.45, 2.75) is 70.6 Å². The summed E-state index contributed by atoms with van der Waals surface area (Å²) in [7, 11) is 0. The lowest BCUT2D eigenvalue weighted by Crippen LogP contribution is -2.45. The van der Waals surface area contributed by atoms with Crippen LogP contribution in [0.5, 0.6) is 0 Å². The second kappa shape index (κ2) is 9.18. The molecule has 2 atom stereocenters. The topological polar surface area (TPSA) is 12.4 Å². The summed E-state index contributed by atoms with van der Waals surface area (Å²) in [5.74, 6) is 0.409. The molecule has 0 amide bonds. The normalized spacial score (nSPS) is 17.8. The quantitative estimate of drug-likeness (QED) is 0.280. The molecule has 0 aromatic heterocycles. The molecule has 0 radical (unpaired) electrons. The SMILES string of the molecule is CCc1cc(N=CCC(C)CC)c(C)cc1C(c1ccccc1)(C1CC1)C(F)(F)Cl. The van der Waals surface area contributed by atoms with Crippen molar-refractivity contribution in [2.75, 3.05) is 0 Å². The molecule has 1 nitrogen and oxygen atoms in total. The highest BCUT2D eigenvalue weighted by molar-refractivity contribution is 6.23. The number of aryl methyl sites for hydroxylation is 2. The predicted molar refractivity (Wildman–Crippen MR) is 124 cm³/mol. The molecular weight excluding hydrogens is 400 g/mol. The van der Waals surface area contributed by atoms with E-state index >= 15 is 8.78 Å². The van der Waals surface area contributed by atoms with E-state index in [0.29, 0.717) is 23.5 Å². The van der Waals surface area contributed by atoms with E-state index in [0.717, 1.165) is 42.5 Å². The monoisotopic (exact) mass is 431 g/mol. The molecule has 3 rings (SSSR count). The maximum absolute atomic E-state index is 15.3. The predicted octanol–water partition coefficient (Wildman–Crippen LogP) is 8.22. The Kier molecular flexibility index (Phi) is 7.02. The maximum atomic E-state index is 15.3. The van der Waals surface area contributed by atoms with Gasteiger partial charge in [0.25, 0.3) is 0 Å². The van der Waals surface area contributed by atoms with Gasteiger partial charge >= 0.3 is 5.38 Å². The van der Waals surface area contributed by atoms with Gasteiger partial charge in [0.1, 0.15) is 5.41 Å². The minimum absolute atomic E-state index is 0.170. The van der Waals surface area contributed by atoms with Crippen LogP contribution in [0.15, 0.2) is 47.5 Å². The molecule has 0 N–H and O–H groups in total. The lowest BCUT2D eigenvalue weighted by molar-refractivity contribution is 0.0112. The van der Waals surface area contributed by atoms with Gasteiger partial charge in [-0.3, -0.25) is 4.99 Å². The van der Waals surface area contributed by atoms with Gasteiger partial charge in [0.05, 0.1) is 5.69 Å². The molecular formula is C26H32ClF2N. The van der Waals surface area contributed by atoms with Crippen LogP contribution in [0.4, 0.5) is 14.5 Å². The standard InChI is InChI=1S/C26H32ClF2N/c1-5-18(3)14-15-30-24-17-20(6-2)23(16-19(24)4)25(22-12-13-22,26(27,28)29)21-10-8-7-9-11-21/h7-11,15-18,22H,5-6,12-14H2,1-4H3. The molecule has 1 aliphatic rings. The molecule has 0 spiro atoms. The summed E-state index contributed by atoms with van der Waals surface area (Å²) in [6.07, 6.45) is 6.14. The van der Waals surface area contributed by atoms with Crippen LogP contribution in [0.3, 0.4) is 0 Å². The van der Waals surface area contributed by atoms with E-state index in [1.54, 1.807) is 12.1 Å². The van der Waals surface area contributed by atoms with Crippen molar-refractivity contribution in [1.29, 1.82) is 0 Å². The Morgan fingerprint density at radius 2 is 1.83 bits per heavy atom. The third kappa shape index (κ3) is 4.32. The van der Waals surface area contributed by atoms with E-state index in [1.807, 2.05) is 50.4 Å². The molecule has 4 heteroatoms. The van der Waals surface area contributed by atoms with Crippen LogP contribution in [-0.4, -0.2) is 11.6 Å². The van der Waals surface area contributed by atoms with Gasteiger partial charge in [-0.1, -0.05) is 63.6 Å². The Bertz CT molecular complexity index is 884. The summed E-state index contributed by atoms with van der Waals surface area (Å²) in [5, 5.41) is -3.40. The third-order valence-corrected chi connectivity index (χ3v) is 6.83. The molecule has 1 saturated carbocycles. The Morgan fingerprint density at radius 3 is 2.37 bits per heavy atom. The number of rotatable bonds is 9. The van der Waals surface area contributed by atoms with Gasteiger partial charge in [0.15, 0.2) is 0 Å². The number of hydrogen-bond acceptors (Lipinski definition) is 1. The van der Waals surface area contributed by atoms with E-state index in [-0.39, 0.29) is 5.92 Å². The number of aliphatic imine (C=N–C) groups is 1. The molecule has 0 aliphatic heterocycles. The van der Waals surface area contributed by atoms with Crippen LogP contribution in [0.25, 0.3) is 0 Å². The lowest BCUT2D eigenvalue weighted by atomic mass is 9.68. The number of hydrogen-bond donors (Lipinski definition) is 0. The molecule has 2 aromatic rings. The van der Waals surface area contributed by atoms with E-state index in [4.69, 9.17) is 11.6 Å². The number of halogens is 3. The van der Waals surface area contributed by atoms with Crippen LogP contribution >= 0.6 is 11.6 Å². The Labute approximate surface area is 184 Å². The molecule has 0 bridgehead atoms. The first-order valence-electron chi connectivity index (χ1n) is 11.0. The Morgan fingerprint density at radius 1 is 1.17 bits per heavy atom. The highest BCUT2D eigenvalue weighted by Gasteiger charge is 2.63. The average molecular weight is 432 g/mol. The van der Waals surface area contributed by atoms with Gasteiger partial charge in [-0.2, -0.15) is 8.78 Å². The van der Waals surface area contributed by atoms with E-state index in [1.165, 1.54) is 0 Å². The fourth-order valence-electron chi connectivity index (χ4n) is 4.41. The molecule has 30 heavy (non-hydrogen) atoms. The van der Waals surface area contributed by atoms with Crippen molar-refractivity contribution in [3.8, 4) is 0 Å². The van der Waals surface area contributed by atoms with E-state index in [9.17, 15) is 0 Å². The molecule has 2 unspecified atom stereocenters. The smallest absolute Gasteiger partial charge is 0.261 e. The fraction of sp³-hybridized carbons (Fsp3) is 0.500. The summed E-state index contributed by atoms with van der Waals surface area (Å²) in [6, 6.07) is 13.0. The van der Waals surface area contributed by atoms with Crippen molar-refractivity contribution in [2.24, 2.45) is 16.8 Å². The van der Waals surface area contributed by atoms with Gasteiger partial charge in [-0.05, 0) is 84.4 Å². The first kappa shape index (κ1) is 22.9. The number of nitrogens with zero attached hydrogens (tertiary/aromatic N) is 1. The summed E-state index contributed by atoms with van der Waals surface area (Å²) in [6.45, 7) is 8.33. The lowest BCUT2D eigenvalue weighted by Gasteiger charge is -2.40. The fourth-order valence-corrected chi connectivity index (χ4v) is 4.78. The number of alkyl halides is 3. The van der Waals surface area contributed by atoms with Gasteiger partial charge in [-0.25, -0.2) is 0 Å². The van der Waals surface area contributed by atoms with Crippen molar-refractivity contribution in [1.82, 2.24) is 0 Å². The van der Waals surface area contributed by atoms with Crippen LogP contribution in [0, 0.1) is 18.8 Å². The molecule has 162 valence electrons. The van der Waals surface area contributed by atoms with Crippen molar-refractivity contribution < 1.29 is 8.78 Å². The molecule has 1 fully saturated rings. The summed E-state index contributed by atoms with van der Waals surface area (Å²) in [4.78, 5) is 4.68. The van der Waals surface area contributed by atoms with Gasteiger partial charge in [0, 0.05) is 6.21 Å². The van der Waals surface area contributed by atoms with Crippen LogP contribution in [0.2, 0.25) is 0 Å². The van der Waals surface area contributed by atoms with Gasteiger partial charge in [0.2, 0.25) is 0 Å². The first-order chi connectivity index (χ1) is 14.3. The number of benzene rings is 2. The second-order valence-electron chi connectivity index (χ2n) is 8.66. The summed E-state index contributed by atoms with van der Waals surface area (Å²) in [5.41, 5.74) is 2.38. The minimum Gasteiger partial charge on any atom is -0.261 e. The van der Waals surface area contributed by atoms with Crippen LogP contribution in [0.1, 0.15) is 68.7 Å². The van der Waals surface area contributed by atoms with Crippen molar-refractivity contribution in [3.05, 3.63) is 64.7 Å². The Hall–Kier alpha value is -1.74. The average Bonchev–Trinajstić information content (AvgIpc) is 3.55. The van der Waals surface area contributed by atoms with Crippen molar-refractivity contribution >= 4 is 23.5 Å². The first-order valence-corrected chi connectivity index (χ1v) is 11.4. The highest BCUT2D eigenvalue weighted by atomic mass is 35.5. The van der Waals surface area contributed by atoms with E-state index < -0.39 is 10.8 Å². The molecule has 0 heterocycles. The van der Waals surface area contributed by atoms with Crippen LogP contribution < -0.4 is 0 Å². The second-order valence-corrected chi connectivity index (χ2v) is 9.13. The zero-order valence-corrected chi connectivity index (χ0v) is 19.1. The minimum atomic E-state index is -3.40. The van der Waals surface area contributed by atoms with Crippen molar-refractivity contribution in [3.63, 3.8) is 0 Å². The third-order valence-electron chi connectivity index (χ3n) is 6.53. The van der Waals surface area contributed by atoms with E-state index in [2.05, 4.69) is 18.8 Å². The highest BCUT2D eigenvalue weighted by Crippen LogP contribution is 2.61. The maximum Gasteiger partial charge on any atom is 0.335 e. The largest absolute Gasteiger partial charge is 0.335 e. The molecule has 0 saturated heterocycles. The summed E-state index contributed by atoms with van der Waals surface area (Å²) >= 11 is 5.95. The Balaban J connectivity index is 2.16. The van der Waals surface area contributed by atoms with Gasteiger partial charge in [-0.15, -0.1) is 0 Å². The molecule has 2 aromatic carbocycles. The molecule has 1 aliphatic carbocycles. The van der Waals surface area contributed by atoms with Crippen LogP contribution in [-0.2, 0) is 11.8 Å².